The van der Waals surface area contributed by atoms with E-state index in [0.717, 1.165) is 32.5 Å². The Hall–Kier alpha value is -1.42. The Morgan fingerprint density at radius 2 is 2.32 bits per heavy atom. The summed E-state index contributed by atoms with van der Waals surface area (Å²) in [5, 5.41) is 3.04. The second-order valence-corrected chi connectivity index (χ2v) is 5.17. The molecule has 1 aromatic rings. The first-order chi connectivity index (χ1) is 9.10. The van der Waals surface area contributed by atoms with Crippen molar-refractivity contribution < 1.29 is 9.18 Å². The predicted octanol–water partition coefficient (Wildman–Crippen LogP) is 2.35. The van der Waals surface area contributed by atoms with Crippen molar-refractivity contribution in [3.63, 3.8) is 0 Å². The zero-order valence-electron chi connectivity index (χ0n) is 11.6. The Kier molecular flexibility index (Phi) is 4.53. The Labute approximate surface area is 113 Å². The summed E-state index contributed by atoms with van der Waals surface area (Å²) in [7, 11) is 0. The standard InChI is InChI=1S/C15H21FN2O/c1-3-18-8-4-5-13(10-18)17-15(19)12-6-7-14(16)11(2)9-12/h6-7,9,13H,3-5,8,10H2,1-2H3,(H,17,19). The van der Waals surface area contributed by atoms with Crippen molar-refractivity contribution in [2.75, 3.05) is 19.6 Å². The molecule has 0 bridgehead atoms. The van der Waals surface area contributed by atoms with E-state index in [-0.39, 0.29) is 17.8 Å². The van der Waals surface area contributed by atoms with Crippen molar-refractivity contribution in [2.45, 2.75) is 32.7 Å². The van der Waals surface area contributed by atoms with Gasteiger partial charge in [-0.15, -0.1) is 0 Å². The average Bonchev–Trinajstić information content (AvgIpc) is 2.42. The highest BCUT2D eigenvalue weighted by molar-refractivity contribution is 5.94. The Morgan fingerprint density at radius 3 is 3.00 bits per heavy atom. The molecular weight excluding hydrogens is 243 g/mol. The van der Waals surface area contributed by atoms with E-state index in [9.17, 15) is 9.18 Å². The van der Waals surface area contributed by atoms with Gasteiger partial charge in [-0.1, -0.05) is 6.92 Å². The highest BCUT2D eigenvalue weighted by Crippen LogP contribution is 2.12. The number of hydrogen-bond acceptors (Lipinski definition) is 2. The third-order valence-corrected chi connectivity index (χ3v) is 3.71. The summed E-state index contributed by atoms with van der Waals surface area (Å²) in [6.45, 7) is 6.84. The number of nitrogens with one attached hydrogen (secondary N) is 1. The van der Waals surface area contributed by atoms with Crippen molar-refractivity contribution in [3.05, 3.63) is 35.1 Å². The number of hydrogen-bond donors (Lipinski definition) is 1. The van der Waals surface area contributed by atoms with Crippen LogP contribution in [0.2, 0.25) is 0 Å². The van der Waals surface area contributed by atoms with Crippen LogP contribution in [0.1, 0.15) is 35.7 Å². The SMILES string of the molecule is CCN1CCCC(NC(=O)c2ccc(F)c(C)c2)C1. The molecule has 104 valence electrons. The van der Waals surface area contributed by atoms with Gasteiger partial charge in [0.15, 0.2) is 0 Å². The minimum Gasteiger partial charge on any atom is -0.348 e. The van der Waals surface area contributed by atoms with Gasteiger partial charge in [-0.05, 0) is 56.6 Å². The third-order valence-electron chi connectivity index (χ3n) is 3.71. The summed E-state index contributed by atoms with van der Waals surface area (Å²) in [5.41, 5.74) is 1.04. The van der Waals surface area contributed by atoms with Crippen LogP contribution < -0.4 is 5.32 Å². The van der Waals surface area contributed by atoms with E-state index in [1.54, 1.807) is 13.0 Å². The first kappa shape index (κ1) is 14.0. The summed E-state index contributed by atoms with van der Waals surface area (Å²) in [6.07, 6.45) is 2.13. The molecule has 0 aliphatic carbocycles. The fourth-order valence-electron chi connectivity index (χ4n) is 2.52. The molecule has 3 nitrogen and oxygen atoms in total. The summed E-state index contributed by atoms with van der Waals surface area (Å²) in [5.74, 6) is -0.377. The first-order valence-electron chi connectivity index (χ1n) is 6.89. The molecule has 1 aromatic carbocycles. The van der Waals surface area contributed by atoms with Crippen LogP contribution in [0.4, 0.5) is 4.39 Å². The molecule has 0 saturated carbocycles. The number of nitrogens with zero attached hydrogens (tertiary/aromatic N) is 1. The number of carbonyl (C=O) groups is 1. The molecule has 1 amide bonds. The van der Waals surface area contributed by atoms with Crippen molar-refractivity contribution >= 4 is 5.91 Å². The van der Waals surface area contributed by atoms with Crippen molar-refractivity contribution in [3.8, 4) is 0 Å². The van der Waals surface area contributed by atoms with Crippen molar-refractivity contribution in [1.29, 1.82) is 0 Å². The summed E-state index contributed by atoms with van der Waals surface area (Å²) < 4.78 is 13.2. The zero-order valence-corrected chi connectivity index (χ0v) is 11.6. The predicted molar refractivity (Wildman–Crippen MR) is 73.7 cm³/mol. The molecule has 1 saturated heterocycles. The highest BCUT2D eigenvalue weighted by Gasteiger charge is 2.20. The lowest BCUT2D eigenvalue weighted by Crippen LogP contribution is -2.47. The van der Waals surface area contributed by atoms with Gasteiger partial charge in [0.2, 0.25) is 0 Å². The van der Waals surface area contributed by atoms with E-state index in [1.165, 1.54) is 12.1 Å². The van der Waals surface area contributed by atoms with E-state index >= 15 is 0 Å². The lowest BCUT2D eigenvalue weighted by molar-refractivity contribution is 0.0905. The molecule has 1 heterocycles. The van der Waals surface area contributed by atoms with Crippen LogP contribution >= 0.6 is 0 Å². The lowest BCUT2D eigenvalue weighted by atomic mass is 10.0. The van der Waals surface area contributed by atoms with Crippen LogP contribution in [0.5, 0.6) is 0 Å². The zero-order chi connectivity index (χ0) is 13.8. The van der Waals surface area contributed by atoms with E-state index < -0.39 is 0 Å². The molecule has 1 fully saturated rings. The van der Waals surface area contributed by atoms with Gasteiger partial charge in [0.1, 0.15) is 5.82 Å². The normalized spacial score (nSPS) is 20.3. The quantitative estimate of drug-likeness (QED) is 0.909. The number of benzene rings is 1. The molecule has 1 atom stereocenters. The van der Waals surface area contributed by atoms with Gasteiger partial charge in [-0.2, -0.15) is 0 Å². The van der Waals surface area contributed by atoms with Crippen LogP contribution in [0.3, 0.4) is 0 Å². The Balaban J connectivity index is 1.98. The van der Waals surface area contributed by atoms with Gasteiger partial charge in [-0.25, -0.2) is 4.39 Å². The first-order valence-corrected chi connectivity index (χ1v) is 6.89. The van der Waals surface area contributed by atoms with Gasteiger partial charge in [0.25, 0.3) is 5.91 Å². The van der Waals surface area contributed by atoms with Gasteiger partial charge < -0.3 is 10.2 Å². The molecule has 19 heavy (non-hydrogen) atoms. The molecule has 2 rings (SSSR count). The number of piperidine rings is 1. The molecule has 1 aliphatic heterocycles. The number of likely N-dealkylation sites (tertiary alicyclic amines) is 1. The Morgan fingerprint density at radius 1 is 1.53 bits per heavy atom. The second kappa shape index (κ2) is 6.15. The lowest BCUT2D eigenvalue weighted by Gasteiger charge is -2.32. The van der Waals surface area contributed by atoms with Crippen LogP contribution in [0, 0.1) is 12.7 Å². The number of likely N-dealkylation sites (N-methyl/N-ethyl adjacent to an activating group) is 1. The maximum absolute atomic E-state index is 13.2. The van der Waals surface area contributed by atoms with E-state index in [4.69, 9.17) is 0 Å². The largest absolute Gasteiger partial charge is 0.348 e. The Bertz CT molecular complexity index is 461. The van der Waals surface area contributed by atoms with Gasteiger partial charge >= 0.3 is 0 Å². The third kappa shape index (κ3) is 3.53. The summed E-state index contributed by atoms with van der Waals surface area (Å²) >= 11 is 0. The monoisotopic (exact) mass is 264 g/mol. The number of amides is 1. The fourth-order valence-corrected chi connectivity index (χ4v) is 2.52. The molecule has 1 aliphatic rings. The maximum Gasteiger partial charge on any atom is 0.251 e. The smallest absolute Gasteiger partial charge is 0.251 e. The van der Waals surface area contributed by atoms with E-state index in [1.807, 2.05) is 0 Å². The summed E-state index contributed by atoms with van der Waals surface area (Å²) in [4.78, 5) is 14.5. The van der Waals surface area contributed by atoms with Crippen LogP contribution in [0.25, 0.3) is 0 Å². The topological polar surface area (TPSA) is 32.3 Å². The number of aryl methyl sites for hydroxylation is 1. The second-order valence-electron chi connectivity index (χ2n) is 5.17. The van der Waals surface area contributed by atoms with Crippen LogP contribution in [0.15, 0.2) is 18.2 Å². The molecular formula is C15H21FN2O. The molecule has 0 aromatic heterocycles. The highest BCUT2D eigenvalue weighted by atomic mass is 19.1. The molecule has 1 unspecified atom stereocenters. The van der Waals surface area contributed by atoms with Crippen molar-refractivity contribution in [1.82, 2.24) is 10.2 Å². The van der Waals surface area contributed by atoms with E-state index in [0.29, 0.717) is 11.1 Å². The van der Waals surface area contributed by atoms with E-state index in [2.05, 4.69) is 17.1 Å². The average molecular weight is 264 g/mol. The molecule has 1 N–H and O–H groups in total. The molecule has 4 heteroatoms. The van der Waals surface area contributed by atoms with Crippen LogP contribution in [-0.2, 0) is 0 Å². The molecule has 0 radical (unpaired) electrons. The summed E-state index contributed by atoms with van der Waals surface area (Å²) in [6, 6.07) is 4.69. The minimum absolute atomic E-state index is 0.106. The van der Waals surface area contributed by atoms with Gasteiger partial charge in [0, 0.05) is 18.2 Å². The minimum atomic E-state index is -0.272. The fraction of sp³-hybridized carbons (Fsp3) is 0.533. The van der Waals surface area contributed by atoms with Crippen LogP contribution in [-0.4, -0.2) is 36.5 Å². The number of halogens is 1. The maximum atomic E-state index is 13.2. The van der Waals surface area contributed by atoms with Gasteiger partial charge in [0.05, 0.1) is 0 Å². The number of rotatable bonds is 3. The number of carbonyl (C=O) groups excluding carboxylic acids is 1. The van der Waals surface area contributed by atoms with Crippen molar-refractivity contribution in [2.24, 2.45) is 0 Å². The van der Waals surface area contributed by atoms with Gasteiger partial charge in [-0.3, -0.25) is 4.79 Å². The molecule has 0 spiro atoms.